The molecular weight excluding hydrogens is 386 g/mol. The number of fused-ring (bicyclic) bond motifs is 3. The van der Waals surface area contributed by atoms with Crippen LogP contribution in [-0.4, -0.2) is 67.4 Å². The Kier molecular flexibility index (Phi) is 4.84. The molecule has 0 amide bonds. The highest BCUT2D eigenvalue weighted by Crippen LogP contribution is 2.24. The maximum atomic E-state index is 12.5. The minimum absolute atomic E-state index is 0.113. The summed E-state index contributed by atoms with van der Waals surface area (Å²) in [5.41, 5.74) is 0.613. The van der Waals surface area contributed by atoms with Crippen molar-refractivity contribution in [3.63, 3.8) is 0 Å². The first-order chi connectivity index (χ1) is 13.9. The van der Waals surface area contributed by atoms with Crippen LogP contribution in [0.3, 0.4) is 0 Å². The zero-order chi connectivity index (χ0) is 20.7. The number of nitrogens with zero attached hydrogens (tertiary/aromatic N) is 3. The molecule has 0 bridgehead atoms. The van der Waals surface area contributed by atoms with Crippen molar-refractivity contribution in [3.8, 4) is 0 Å². The zero-order valence-corrected chi connectivity index (χ0v) is 14.8. The van der Waals surface area contributed by atoms with E-state index in [0.717, 1.165) is 0 Å². The van der Waals surface area contributed by atoms with Crippen molar-refractivity contribution in [3.05, 3.63) is 40.6 Å². The number of carboxylic acid groups (broad SMARTS) is 1. The number of pyridine rings is 1. The van der Waals surface area contributed by atoms with Crippen LogP contribution in [0, 0.1) is 0 Å². The summed E-state index contributed by atoms with van der Waals surface area (Å²) >= 11 is 0. The van der Waals surface area contributed by atoms with Gasteiger partial charge in [0.25, 0.3) is 5.56 Å². The number of anilines is 1. The number of ether oxygens (including phenoxy) is 1. The number of H-pyrrole nitrogens is 1. The molecule has 5 N–H and O–H groups in total. The maximum absolute atomic E-state index is 12.5. The molecule has 29 heavy (non-hydrogen) atoms. The lowest BCUT2D eigenvalue weighted by Crippen LogP contribution is -2.37. The number of aliphatic hydroxyl groups excluding tert-OH is 3. The third-order valence-corrected chi connectivity index (χ3v) is 4.71. The lowest BCUT2D eigenvalue weighted by molar-refractivity contribution is -0.485. The number of carbonyl (C=O) groups excluding carboxylic acids is 1. The fraction of sp³-hybridized carbons (Fsp3) is 0.353. The molecule has 152 valence electrons. The summed E-state index contributed by atoms with van der Waals surface area (Å²) in [6.07, 6.45) is -2.37. The summed E-state index contributed by atoms with van der Waals surface area (Å²) < 4.78 is 6.80. The molecule has 4 rings (SSSR count). The Morgan fingerprint density at radius 2 is 2.10 bits per heavy atom. The van der Waals surface area contributed by atoms with Crippen molar-refractivity contribution in [2.24, 2.45) is 0 Å². The number of hydrogen-bond donors (Lipinski definition) is 5. The van der Waals surface area contributed by atoms with Crippen LogP contribution in [0.5, 0.6) is 0 Å². The average Bonchev–Trinajstić information content (AvgIpc) is 2.96. The Balaban J connectivity index is 1.80. The number of rotatable bonds is 5. The monoisotopic (exact) mass is 403 g/mol. The minimum Gasteiger partial charge on any atom is -0.550 e. The molecule has 1 unspecified atom stereocenters. The van der Waals surface area contributed by atoms with E-state index >= 15 is 0 Å². The van der Waals surface area contributed by atoms with E-state index in [1.54, 1.807) is 0 Å². The summed E-state index contributed by atoms with van der Waals surface area (Å²) in [6, 6.07) is 2.98. The summed E-state index contributed by atoms with van der Waals surface area (Å²) in [5.74, 6) is -1.15. The number of carboxylic acids is 1. The molecule has 1 aliphatic heterocycles. The first-order valence-corrected chi connectivity index (χ1v) is 8.69. The zero-order valence-electron chi connectivity index (χ0n) is 14.8. The first kappa shape index (κ1) is 19.1. The summed E-state index contributed by atoms with van der Waals surface area (Å²) in [5, 5.41) is 42.9. The van der Waals surface area contributed by atoms with Gasteiger partial charge in [0.05, 0.1) is 6.61 Å². The van der Waals surface area contributed by atoms with E-state index in [-0.39, 0.29) is 28.9 Å². The Morgan fingerprint density at radius 3 is 2.79 bits per heavy atom. The summed E-state index contributed by atoms with van der Waals surface area (Å²) in [6.45, 7) is -0.487. The van der Waals surface area contributed by atoms with Gasteiger partial charge in [-0.3, -0.25) is 4.79 Å². The van der Waals surface area contributed by atoms with E-state index in [4.69, 9.17) is 4.74 Å². The second-order valence-corrected chi connectivity index (χ2v) is 6.62. The number of aliphatic carboxylic acids is 1. The third kappa shape index (κ3) is 3.38. The van der Waals surface area contributed by atoms with Gasteiger partial charge in [-0.1, -0.05) is 6.07 Å². The lowest BCUT2D eigenvalue weighted by Gasteiger charge is -2.16. The highest BCUT2D eigenvalue weighted by atomic mass is 16.6. The molecule has 0 saturated carbocycles. The molecule has 12 nitrogen and oxygen atoms in total. The molecule has 3 aromatic heterocycles. The van der Waals surface area contributed by atoms with Gasteiger partial charge in [0.2, 0.25) is 6.33 Å². The predicted octanol–water partition coefficient (Wildman–Crippen LogP) is -3.80. The van der Waals surface area contributed by atoms with Gasteiger partial charge in [0.15, 0.2) is 23.1 Å². The van der Waals surface area contributed by atoms with Gasteiger partial charge < -0.3 is 40.3 Å². The van der Waals surface area contributed by atoms with Gasteiger partial charge in [0.1, 0.15) is 24.5 Å². The van der Waals surface area contributed by atoms with Crippen molar-refractivity contribution in [1.29, 1.82) is 0 Å². The fourth-order valence-corrected chi connectivity index (χ4v) is 3.29. The van der Waals surface area contributed by atoms with Crippen molar-refractivity contribution in [2.45, 2.75) is 31.0 Å². The van der Waals surface area contributed by atoms with E-state index in [9.17, 15) is 30.0 Å². The Bertz CT molecular complexity index is 1150. The Morgan fingerprint density at radius 1 is 1.31 bits per heavy atom. The van der Waals surface area contributed by atoms with E-state index in [0.29, 0.717) is 5.56 Å². The highest BCUT2D eigenvalue weighted by Gasteiger charge is 2.42. The van der Waals surface area contributed by atoms with Gasteiger partial charge >= 0.3 is 5.65 Å². The van der Waals surface area contributed by atoms with E-state index in [2.05, 4.69) is 20.3 Å². The van der Waals surface area contributed by atoms with Crippen LogP contribution < -0.4 is 20.4 Å². The number of aromatic amines is 1. The molecule has 0 spiro atoms. The Labute approximate surface area is 162 Å². The van der Waals surface area contributed by atoms with E-state index in [1.165, 1.54) is 29.1 Å². The van der Waals surface area contributed by atoms with Crippen LogP contribution in [0.2, 0.25) is 0 Å². The smallest absolute Gasteiger partial charge is 0.357 e. The topological polar surface area (TPSA) is 185 Å². The van der Waals surface area contributed by atoms with Crippen LogP contribution in [-0.2, 0) is 16.0 Å². The van der Waals surface area contributed by atoms with Crippen LogP contribution >= 0.6 is 0 Å². The normalized spacial score (nSPS) is 24.2. The van der Waals surface area contributed by atoms with Crippen molar-refractivity contribution < 1.29 is 34.4 Å². The maximum Gasteiger partial charge on any atom is 0.357 e. The number of aliphatic hydroxyl groups is 3. The van der Waals surface area contributed by atoms with Crippen molar-refractivity contribution in [2.75, 3.05) is 11.9 Å². The second kappa shape index (κ2) is 7.33. The van der Waals surface area contributed by atoms with Crippen LogP contribution in [0.15, 0.2) is 29.5 Å². The molecule has 1 fully saturated rings. The SMILES string of the molecule is O=C([O-])Cc1ccc2c(=O)[nH]c3c(NC4O[C@H](CO)[C@@H](O)[C@H]4O)ncnc3[n+]2c1. The second-order valence-electron chi connectivity index (χ2n) is 6.62. The number of aromatic nitrogens is 4. The fourth-order valence-electron chi connectivity index (χ4n) is 3.29. The highest BCUT2D eigenvalue weighted by molar-refractivity contribution is 5.80. The van der Waals surface area contributed by atoms with Crippen LogP contribution in [0.25, 0.3) is 16.7 Å². The number of carbonyl (C=O) groups is 1. The van der Waals surface area contributed by atoms with Gasteiger partial charge in [-0.25, -0.2) is 0 Å². The lowest BCUT2D eigenvalue weighted by atomic mass is 10.1. The van der Waals surface area contributed by atoms with Crippen molar-refractivity contribution in [1.82, 2.24) is 15.0 Å². The van der Waals surface area contributed by atoms with Crippen LogP contribution in [0.4, 0.5) is 5.82 Å². The summed E-state index contributed by atoms with van der Waals surface area (Å²) in [7, 11) is 0. The number of nitrogens with one attached hydrogen (secondary N) is 2. The Hall–Kier alpha value is -3.19. The molecule has 4 heterocycles. The number of hydrogen-bond acceptors (Lipinski definition) is 10. The van der Waals surface area contributed by atoms with Gasteiger partial charge in [-0.15, -0.1) is 0 Å². The molecule has 3 aromatic rings. The first-order valence-electron chi connectivity index (χ1n) is 8.69. The van der Waals surface area contributed by atoms with E-state index < -0.39 is 42.7 Å². The van der Waals surface area contributed by atoms with E-state index in [1.807, 2.05) is 0 Å². The molecule has 4 atom stereocenters. The molecular formula is C17H17N5O7. The standard InChI is InChI=1S/C17H17N5O7/c23-5-9-12(26)13(27)17(29-9)21-14-11-15(19-6-18-14)22-4-7(3-10(24)25)1-2-8(22)16(28)20-11/h1-2,4,6,9,12-13,17,23,26-27H,3,5H2,(H2,24,25,28)/t9-,12-,13-,17?/m1/s1. The quantitative estimate of drug-likeness (QED) is 0.209. The predicted molar refractivity (Wildman–Crippen MR) is 93.4 cm³/mol. The molecule has 1 aliphatic rings. The van der Waals surface area contributed by atoms with Crippen LogP contribution in [0.1, 0.15) is 5.56 Å². The average molecular weight is 403 g/mol. The largest absolute Gasteiger partial charge is 0.550 e. The molecule has 0 aromatic carbocycles. The summed E-state index contributed by atoms with van der Waals surface area (Å²) in [4.78, 5) is 34.2. The molecule has 1 saturated heterocycles. The van der Waals surface area contributed by atoms with Gasteiger partial charge in [-0.05, 0) is 16.6 Å². The van der Waals surface area contributed by atoms with Gasteiger partial charge in [0, 0.05) is 12.4 Å². The third-order valence-electron chi connectivity index (χ3n) is 4.71. The van der Waals surface area contributed by atoms with Gasteiger partial charge in [-0.2, -0.15) is 9.38 Å². The molecule has 0 aliphatic carbocycles. The minimum atomic E-state index is -1.34. The molecule has 12 heteroatoms. The van der Waals surface area contributed by atoms with Crippen molar-refractivity contribution >= 4 is 28.5 Å². The molecule has 0 radical (unpaired) electrons.